The van der Waals surface area contributed by atoms with Gasteiger partial charge in [0.1, 0.15) is 5.75 Å². The van der Waals surface area contributed by atoms with E-state index in [9.17, 15) is 5.11 Å². The van der Waals surface area contributed by atoms with Crippen LogP contribution in [0.25, 0.3) is 0 Å². The lowest BCUT2D eigenvalue weighted by molar-refractivity contribution is 0.145. The van der Waals surface area contributed by atoms with Crippen LogP contribution in [-0.2, 0) is 6.42 Å². The fourth-order valence-electron chi connectivity index (χ4n) is 2.24. The van der Waals surface area contributed by atoms with Crippen molar-refractivity contribution in [1.82, 2.24) is 5.32 Å². The molecule has 0 saturated heterocycles. The highest BCUT2D eigenvalue weighted by molar-refractivity contribution is 5.33. The topological polar surface area (TPSA) is 41.5 Å². The molecule has 0 heterocycles. The Labute approximate surface area is 109 Å². The lowest BCUT2D eigenvalue weighted by atomic mass is 10.1. The summed E-state index contributed by atoms with van der Waals surface area (Å²) in [5.74, 6) is 1.48. The van der Waals surface area contributed by atoms with E-state index in [0.717, 1.165) is 12.2 Å². The molecule has 2 unspecified atom stereocenters. The van der Waals surface area contributed by atoms with Crippen molar-refractivity contribution >= 4 is 0 Å². The number of nitrogens with one attached hydrogen (secondary N) is 1. The third-order valence-electron chi connectivity index (χ3n) is 3.56. The first-order valence-electron chi connectivity index (χ1n) is 6.74. The number of para-hydroxylation sites is 1. The molecule has 2 atom stereocenters. The summed E-state index contributed by atoms with van der Waals surface area (Å²) in [7, 11) is 1.70. The van der Waals surface area contributed by atoms with Crippen molar-refractivity contribution in [2.75, 3.05) is 13.7 Å². The van der Waals surface area contributed by atoms with E-state index in [2.05, 4.69) is 18.3 Å². The molecule has 2 rings (SSSR count). The fourth-order valence-corrected chi connectivity index (χ4v) is 2.24. The summed E-state index contributed by atoms with van der Waals surface area (Å²) in [5.41, 5.74) is 1.21. The van der Waals surface area contributed by atoms with E-state index >= 15 is 0 Å². The predicted octanol–water partition coefficient (Wildman–Crippen LogP) is 1.99. The second kappa shape index (κ2) is 6.21. The molecule has 2 N–H and O–H groups in total. The summed E-state index contributed by atoms with van der Waals surface area (Å²) in [5, 5.41) is 13.2. The number of rotatable bonds is 7. The summed E-state index contributed by atoms with van der Waals surface area (Å²) in [6, 6.07) is 8.44. The molecule has 1 aliphatic carbocycles. The van der Waals surface area contributed by atoms with Crippen LogP contribution in [0.2, 0.25) is 0 Å². The lowest BCUT2D eigenvalue weighted by Gasteiger charge is -2.18. The predicted molar refractivity (Wildman–Crippen MR) is 72.9 cm³/mol. The summed E-state index contributed by atoms with van der Waals surface area (Å²) in [6.45, 7) is 2.84. The van der Waals surface area contributed by atoms with Crippen LogP contribution in [0.5, 0.6) is 5.75 Å². The van der Waals surface area contributed by atoms with Crippen LogP contribution in [0.1, 0.15) is 25.3 Å². The highest BCUT2D eigenvalue weighted by Crippen LogP contribution is 2.32. The van der Waals surface area contributed by atoms with Crippen molar-refractivity contribution in [3.05, 3.63) is 29.8 Å². The molecule has 0 spiro atoms. The van der Waals surface area contributed by atoms with Gasteiger partial charge in [0.25, 0.3) is 0 Å². The third-order valence-corrected chi connectivity index (χ3v) is 3.56. The zero-order chi connectivity index (χ0) is 13.0. The molecular formula is C15H23NO2. The smallest absolute Gasteiger partial charge is 0.122 e. The molecular weight excluding hydrogens is 226 g/mol. The molecule has 100 valence electrons. The first-order valence-corrected chi connectivity index (χ1v) is 6.74. The Morgan fingerprint density at radius 3 is 2.78 bits per heavy atom. The molecule has 0 amide bonds. The SMILES string of the molecule is COc1ccccc1CC(C)NCC(O)C1CC1. The standard InChI is InChI=1S/C15H23NO2/c1-11(16-10-14(17)12-7-8-12)9-13-5-3-4-6-15(13)18-2/h3-6,11-12,14,16-17H,7-10H2,1-2H3. The minimum absolute atomic E-state index is 0.176. The number of methoxy groups -OCH3 is 1. The molecule has 3 nitrogen and oxygen atoms in total. The molecule has 1 aromatic rings. The van der Waals surface area contributed by atoms with Crippen molar-refractivity contribution in [1.29, 1.82) is 0 Å². The van der Waals surface area contributed by atoms with Crippen molar-refractivity contribution < 1.29 is 9.84 Å². The second-order valence-corrected chi connectivity index (χ2v) is 5.23. The van der Waals surface area contributed by atoms with Gasteiger partial charge in [-0.05, 0) is 43.7 Å². The van der Waals surface area contributed by atoms with Crippen molar-refractivity contribution in [2.24, 2.45) is 5.92 Å². The molecule has 1 aromatic carbocycles. The van der Waals surface area contributed by atoms with Crippen LogP contribution in [0.3, 0.4) is 0 Å². The van der Waals surface area contributed by atoms with E-state index in [0.29, 0.717) is 18.5 Å². The molecule has 0 aromatic heterocycles. The maximum absolute atomic E-state index is 9.82. The van der Waals surface area contributed by atoms with Gasteiger partial charge in [-0.3, -0.25) is 0 Å². The van der Waals surface area contributed by atoms with Crippen LogP contribution in [-0.4, -0.2) is 30.9 Å². The highest BCUT2D eigenvalue weighted by atomic mass is 16.5. The van der Waals surface area contributed by atoms with E-state index in [-0.39, 0.29) is 6.10 Å². The Bertz CT molecular complexity index is 377. The van der Waals surface area contributed by atoms with Crippen LogP contribution in [0.15, 0.2) is 24.3 Å². The van der Waals surface area contributed by atoms with Gasteiger partial charge < -0.3 is 15.2 Å². The Hall–Kier alpha value is -1.06. The molecule has 1 fully saturated rings. The van der Waals surface area contributed by atoms with E-state index in [4.69, 9.17) is 4.74 Å². The van der Waals surface area contributed by atoms with Gasteiger partial charge in [0.2, 0.25) is 0 Å². The molecule has 3 heteroatoms. The summed E-state index contributed by atoms with van der Waals surface area (Å²) in [4.78, 5) is 0. The van der Waals surface area contributed by atoms with Gasteiger partial charge in [0, 0.05) is 12.6 Å². The maximum atomic E-state index is 9.82. The normalized spacial score (nSPS) is 18.4. The number of hydrogen-bond donors (Lipinski definition) is 2. The Morgan fingerprint density at radius 2 is 2.11 bits per heavy atom. The van der Waals surface area contributed by atoms with Gasteiger partial charge in [-0.2, -0.15) is 0 Å². The van der Waals surface area contributed by atoms with Gasteiger partial charge in [-0.25, -0.2) is 0 Å². The van der Waals surface area contributed by atoms with Crippen LogP contribution in [0.4, 0.5) is 0 Å². The number of hydrogen-bond acceptors (Lipinski definition) is 3. The molecule has 1 saturated carbocycles. The van der Waals surface area contributed by atoms with E-state index in [1.807, 2.05) is 18.2 Å². The first kappa shape index (κ1) is 13.4. The van der Waals surface area contributed by atoms with Crippen LogP contribution in [0, 0.1) is 5.92 Å². The first-order chi connectivity index (χ1) is 8.70. The fraction of sp³-hybridized carbons (Fsp3) is 0.600. The minimum Gasteiger partial charge on any atom is -0.496 e. The molecule has 0 aliphatic heterocycles. The van der Waals surface area contributed by atoms with Crippen molar-refractivity contribution in [3.8, 4) is 5.75 Å². The van der Waals surface area contributed by atoms with Crippen molar-refractivity contribution in [3.63, 3.8) is 0 Å². The Morgan fingerprint density at radius 1 is 1.39 bits per heavy atom. The Kier molecular flexibility index (Phi) is 4.61. The monoisotopic (exact) mass is 249 g/mol. The summed E-state index contributed by atoms with van der Waals surface area (Å²) < 4.78 is 5.34. The molecule has 0 radical (unpaired) electrons. The molecule has 18 heavy (non-hydrogen) atoms. The zero-order valence-electron chi connectivity index (χ0n) is 11.2. The summed E-state index contributed by atoms with van der Waals surface area (Å²) in [6.07, 6.45) is 3.11. The van der Waals surface area contributed by atoms with Crippen LogP contribution >= 0.6 is 0 Å². The van der Waals surface area contributed by atoms with Crippen molar-refractivity contribution in [2.45, 2.75) is 38.3 Å². The zero-order valence-corrected chi connectivity index (χ0v) is 11.2. The second-order valence-electron chi connectivity index (χ2n) is 5.23. The Balaban J connectivity index is 1.80. The van der Waals surface area contributed by atoms with E-state index < -0.39 is 0 Å². The average molecular weight is 249 g/mol. The van der Waals surface area contributed by atoms with Gasteiger partial charge in [-0.1, -0.05) is 18.2 Å². The summed E-state index contributed by atoms with van der Waals surface area (Å²) >= 11 is 0. The minimum atomic E-state index is -0.176. The largest absolute Gasteiger partial charge is 0.496 e. The van der Waals surface area contributed by atoms with Gasteiger partial charge in [-0.15, -0.1) is 0 Å². The quantitative estimate of drug-likeness (QED) is 0.776. The van der Waals surface area contributed by atoms with E-state index in [1.54, 1.807) is 7.11 Å². The van der Waals surface area contributed by atoms with Gasteiger partial charge >= 0.3 is 0 Å². The number of ether oxygens (including phenoxy) is 1. The number of benzene rings is 1. The molecule has 1 aliphatic rings. The average Bonchev–Trinajstić information content (AvgIpc) is 3.21. The highest BCUT2D eigenvalue weighted by Gasteiger charge is 2.29. The van der Waals surface area contributed by atoms with Crippen LogP contribution < -0.4 is 10.1 Å². The number of aliphatic hydroxyl groups excluding tert-OH is 1. The van der Waals surface area contributed by atoms with E-state index in [1.165, 1.54) is 18.4 Å². The van der Waals surface area contributed by atoms with Gasteiger partial charge in [0.05, 0.1) is 13.2 Å². The van der Waals surface area contributed by atoms with Gasteiger partial charge in [0.15, 0.2) is 0 Å². The lowest BCUT2D eigenvalue weighted by Crippen LogP contribution is -2.35. The number of aliphatic hydroxyl groups is 1. The third kappa shape index (κ3) is 3.72. The molecule has 0 bridgehead atoms. The maximum Gasteiger partial charge on any atom is 0.122 e.